The number of esters is 1. The fourth-order valence-electron chi connectivity index (χ4n) is 2.62. The topological polar surface area (TPSA) is 51.5 Å². The first kappa shape index (κ1) is 15.1. The summed E-state index contributed by atoms with van der Waals surface area (Å²) in [6.45, 7) is 3.30. The van der Waals surface area contributed by atoms with Gasteiger partial charge in [-0.2, -0.15) is 0 Å². The fourth-order valence-corrected chi connectivity index (χ4v) is 3.08. The molecule has 1 aromatic rings. The predicted molar refractivity (Wildman–Crippen MR) is 78.5 cm³/mol. The number of likely N-dealkylation sites (tertiary alicyclic amines) is 1. The number of carbonyl (C=O) groups excluding carboxylic acids is 2. The molecule has 5 nitrogen and oxygen atoms in total. The number of carbonyl (C=O) groups is 2. The van der Waals surface area contributed by atoms with Gasteiger partial charge in [0.15, 0.2) is 0 Å². The zero-order valence-electron chi connectivity index (χ0n) is 11.8. The molecule has 1 aromatic heterocycles. The zero-order valence-corrected chi connectivity index (χ0v) is 13.4. The van der Waals surface area contributed by atoms with Gasteiger partial charge < -0.3 is 14.2 Å². The largest absolute Gasteiger partial charge is 0.467 e. The van der Waals surface area contributed by atoms with Crippen LogP contribution in [0.5, 0.6) is 0 Å². The molecule has 0 aromatic carbocycles. The lowest BCUT2D eigenvalue weighted by Crippen LogP contribution is -2.48. The molecule has 2 rings (SSSR count). The second kappa shape index (κ2) is 6.43. The van der Waals surface area contributed by atoms with Crippen molar-refractivity contribution < 1.29 is 14.3 Å². The molecule has 0 aliphatic carbocycles. The van der Waals surface area contributed by atoms with Gasteiger partial charge in [0.2, 0.25) is 0 Å². The van der Waals surface area contributed by atoms with Crippen molar-refractivity contribution in [1.82, 2.24) is 9.47 Å². The Hall–Kier alpha value is -1.30. The van der Waals surface area contributed by atoms with E-state index in [-0.39, 0.29) is 11.9 Å². The third-order valence-corrected chi connectivity index (χ3v) is 4.09. The summed E-state index contributed by atoms with van der Waals surface area (Å²) >= 11 is 3.39. The second-order valence-corrected chi connectivity index (χ2v) is 5.78. The normalized spacial score (nSPS) is 18.9. The van der Waals surface area contributed by atoms with Crippen LogP contribution in [-0.4, -0.2) is 41.0 Å². The Morgan fingerprint density at radius 3 is 2.85 bits per heavy atom. The first-order valence-corrected chi connectivity index (χ1v) is 7.62. The lowest BCUT2D eigenvalue weighted by Gasteiger charge is -2.33. The highest BCUT2D eigenvalue weighted by molar-refractivity contribution is 9.10. The minimum Gasteiger partial charge on any atom is -0.467 e. The van der Waals surface area contributed by atoms with Crippen LogP contribution in [0, 0.1) is 0 Å². The predicted octanol–water partition coefficient (Wildman–Crippen LogP) is 2.44. The van der Waals surface area contributed by atoms with Crippen LogP contribution in [0.3, 0.4) is 0 Å². The Bertz CT molecular complexity index is 513. The Balaban J connectivity index is 2.27. The van der Waals surface area contributed by atoms with Crippen LogP contribution >= 0.6 is 15.9 Å². The molecule has 0 radical (unpaired) electrons. The van der Waals surface area contributed by atoms with Crippen molar-refractivity contribution in [2.75, 3.05) is 13.7 Å². The lowest BCUT2D eigenvalue weighted by molar-refractivity contribution is -0.147. The van der Waals surface area contributed by atoms with Crippen LogP contribution in [0.25, 0.3) is 0 Å². The van der Waals surface area contributed by atoms with Crippen molar-refractivity contribution in [2.45, 2.75) is 38.8 Å². The van der Waals surface area contributed by atoms with E-state index in [1.165, 1.54) is 7.11 Å². The summed E-state index contributed by atoms with van der Waals surface area (Å²) in [6.07, 6.45) is 4.42. The summed E-state index contributed by atoms with van der Waals surface area (Å²) in [4.78, 5) is 26.2. The first-order valence-electron chi connectivity index (χ1n) is 6.83. The number of piperidine rings is 1. The Kier molecular flexibility index (Phi) is 4.86. The number of ether oxygens (including phenoxy) is 1. The van der Waals surface area contributed by atoms with Crippen LogP contribution in [0.4, 0.5) is 0 Å². The van der Waals surface area contributed by atoms with E-state index >= 15 is 0 Å². The molecule has 0 N–H and O–H groups in total. The van der Waals surface area contributed by atoms with E-state index in [4.69, 9.17) is 4.74 Å². The van der Waals surface area contributed by atoms with Crippen molar-refractivity contribution in [3.05, 3.63) is 22.4 Å². The lowest BCUT2D eigenvalue weighted by atomic mass is 10.0. The van der Waals surface area contributed by atoms with Gasteiger partial charge in [0, 0.05) is 23.8 Å². The van der Waals surface area contributed by atoms with Gasteiger partial charge in [0.1, 0.15) is 11.7 Å². The molecule has 20 heavy (non-hydrogen) atoms. The number of halogens is 1. The van der Waals surface area contributed by atoms with Crippen molar-refractivity contribution in [1.29, 1.82) is 0 Å². The molecule has 1 amide bonds. The van der Waals surface area contributed by atoms with Gasteiger partial charge in [-0.15, -0.1) is 0 Å². The molecule has 1 saturated heterocycles. The molecule has 6 heteroatoms. The van der Waals surface area contributed by atoms with Crippen LogP contribution < -0.4 is 0 Å². The third-order valence-electron chi connectivity index (χ3n) is 3.66. The van der Waals surface area contributed by atoms with Gasteiger partial charge in [0.05, 0.1) is 7.11 Å². The van der Waals surface area contributed by atoms with Gasteiger partial charge in [0.25, 0.3) is 5.91 Å². The summed E-state index contributed by atoms with van der Waals surface area (Å²) < 4.78 is 7.57. The van der Waals surface area contributed by atoms with E-state index < -0.39 is 6.04 Å². The van der Waals surface area contributed by atoms with E-state index in [1.807, 2.05) is 17.7 Å². The number of hydrogen-bond donors (Lipinski definition) is 0. The van der Waals surface area contributed by atoms with E-state index in [0.29, 0.717) is 25.2 Å². The number of aryl methyl sites for hydroxylation is 1. The highest BCUT2D eigenvalue weighted by Crippen LogP contribution is 2.23. The molecule has 1 aliphatic rings. The molecule has 1 fully saturated rings. The monoisotopic (exact) mass is 342 g/mol. The van der Waals surface area contributed by atoms with Crippen molar-refractivity contribution in [3.8, 4) is 0 Å². The van der Waals surface area contributed by atoms with Crippen molar-refractivity contribution >= 4 is 27.8 Å². The Labute approximate surface area is 127 Å². The van der Waals surface area contributed by atoms with Gasteiger partial charge >= 0.3 is 5.97 Å². The van der Waals surface area contributed by atoms with Gasteiger partial charge in [-0.3, -0.25) is 4.79 Å². The average molecular weight is 343 g/mol. The number of methoxy groups -OCH3 is 1. The van der Waals surface area contributed by atoms with Gasteiger partial charge in [-0.25, -0.2) is 4.79 Å². The molecule has 0 spiro atoms. The molecule has 1 atom stereocenters. The number of amides is 1. The summed E-state index contributed by atoms with van der Waals surface area (Å²) in [7, 11) is 1.37. The SMILES string of the molecule is CCn1cc(Br)cc1C(=O)N1CCCC[C@@H]1C(=O)OC. The standard InChI is InChI=1S/C14H19BrN2O3/c1-3-16-9-10(15)8-12(16)13(18)17-7-5-4-6-11(17)14(19)20-2/h8-9,11H,3-7H2,1-2H3/t11-/m1/s1. The number of rotatable bonds is 3. The van der Waals surface area contributed by atoms with E-state index in [2.05, 4.69) is 15.9 Å². The maximum Gasteiger partial charge on any atom is 0.328 e. The van der Waals surface area contributed by atoms with Crippen LogP contribution in [0.2, 0.25) is 0 Å². The van der Waals surface area contributed by atoms with Crippen LogP contribution in [-0.2, 0) is 16.1 Å². The Morgan fingerprint density at radius 1 is 1.45 bits per heavy atom. The van der Waals surface area contributed by atoms with Crippen molar-refractivity contribution in [2.24, 2.45) is 0 Å². The smallest absolute Gasteiger partial charge is 0.328 e. The van der Waals surface area contributed by atoms with Gasteiger partial charge in [-0.05, 0) is 48.2 Å². The molecular weight excluding hydrogens is 324 g/mol. The number of nitrogens with zero attached hydrogens (tertiary/aromatic N) is 2. The minimum absolute atomic E-state index is 0.104. The summed E-state index contributed by atoms with van der Waals surface area (Å²) in [5.41, 5.74) is 0.607. The quantitative estimate of drug-likeness (QED) is 0.792. The van der Waals surface area contributed by atoms with E-state index in [1.54, 1.807) is 11.0 Å². The van der Waals surface area contributed by atoms with Crippen LogP contribution in [0.15, 0.2) is 16.7 Å². The average Bonchev–Trinajstić information content (AvgIpc) is 2.86. The molecule has 2 heterocycles. The molecule has 0 unspecified atom stereocenters. The Morgan fingerprint density at radius 2 is 2.20 bits per heavy atom. The number of aromatic nitrogens is 1. The maximum atomic E-state index is 12.7. The minimum atomic E-state index is -0.458. The highest BCUT2D eigenvalue weighted by Gasteiger charge is 2.34. The second-order valence-electron chi connectivity index (χ2n) is 4.86. The highest BCUT2D eigenvalue weighted by atomic mass is 79.9. The molecule has 1 aliphatic heterocycles. The van der Waals surface area contributed by atoms with Crippen molar-refractivity contribution in [3.63, 3.8) is 0 Å². The fraction of sp³-hybridized carbons (Fsp3) is 0.571. The number of hydrogen-bond acceptors (Lipinski definition) is 3. The molecule has 0 bridgehead atoms. The molecule has 110 valence electrons. The summed E-state index contributed by atoms with van der Waals surface area (Å²) in [5, 5.41) is 0. The molecular formula is C14H19BrN2O3. The first-order chi connectivity index (χ1) is 9.58. The van der Waals surface area contributed by atoms with E-state index in [0.717, 1.165) is 17.3 Å². The van der Waals surface area contributed by atoms with E-state index in [9.17, 15) is 9.59 Å². The van der Waals surface area contributed by atoms with Crippen LogP contribution in [0.1, 0.15) is 36.7 Å². The zero-order chi connectivity index (χ0) is 14.7. The molecule has 0 saturated carbocycles. The van der Waals surface area contributed by atoms with Gasteiger partial charge in [-0.1, -0.05) is 0 Å². The summed E-state index contributed by atoms with van der Waals surface area (Å²) in [6, 6.07) is 1.34. The summed E-state index contributed by atoms with van der Waals surface area (Å²) in [5.74, 6) is -0.431. The maximum absolute atomic E-state index is 12.7. The third kappa shape index (κ3) is 2.90.